The molecule has 0 aromatic heterocycles. The van der Waals surface area contributed by atoms with Crippen molar-refractivity contribution in [2.24, 2.45) is 10.6 Å². The van der Waals surface area contributed by atoms with Crippen molar-refractivity contribution < 1.29 is 24.0 Å². The first-order valence-corrected chi connectivity index (χ1v) is 16.0. The zero-order valence-electron chi connectivity index (χ0n) is 26.3. The highest BCUT2D eigenvalue weighted by atomic mass is 35.5. The Labute approximate surface area is 269 Å². The van der Waals surface area contributed by atoms with Crippen molar-refractivity contribution in [1.29, 1.82) is 0 Å². The maximum atomic E-state index is 14.5. The average Bonchev–Trinajstić information content (AvgIpc) is 3.60. The van der Waals surface area contributed by atoms with Crippen LogP contribution in [0.2, 0.25) is 5.02 Å². The number of Topliss-reactive ketones (excluding diaryl/α,β-unsaturated/α-hetero) is 1. The Kier molecular flexibility index (Phi) is 9.53. The number of carbonyl (C=O) groups is 4. The zero-order chi connectivity index (χ0) is 32.4. The lowest BCUT2D eigenvalue weighted by Gasteiger charge is -2.36. The molecule has 2 aromatic rings. The number of oxime groups is 1. The molecular weight excluding hydrogens is 594 g/mol. The van der Waals surface area contributed by atoms with Gasteiger partial charge in [-0.2, -0.15) is 0 Å². The molecule has 240 valence electrons. The second-order valence-corrected chi connectivity index (χ2v) is 13.9. The molecule has 1 unspecified atom stereocenters. The van der Waals surface area contributed by atoms with Gasteiger partial charge in [-0.15, -0.1) is 0 Å². The van der Waals surface area contributed by atoms with E-state index in [4.69, 9.17) is 16.4 Å². The van der Waals surface area contributed by atoms with E-state index in [1.54, 1.807) is 17.0 Å². The first kappa shape index (κ1) is 32.5. The zero-order valence-corrected chi connectivity index (χ0v) is 27.0. The molecular formula is C34H42ClN5O5. The first-order chi connectivity index (χ1) is 21.4. The number of carbonyl (C=O) groups excluding carboxylic acids is 4. The number of nitrogens with zero attached hydrogens (tertiary/aromatic N) is 2. The molecule has 2 aliphatic heterocycles. The lowest BCUT2D eigenvalue weighted by molar-refractivity contribution is -0.143. The molecule has 4 atom stereocenters. The molecule has 2 aromatic carbocycles. The van der Waals surface area contributed by atoms with Gasteiger partial charge in [0.1, 0.15) is 12.1 Å². The van der Waals surface area contributed by atoms with Crippen molar-refractivity contribution in [3.63, 3.8) is 0 Å². The average molecular weight is 636 g/mol. The Morgan fingerprint density at radius 2 is 1.82 bits per heavy atom. The van der Waals surface area contributed by atoms with Crippen LogP contribution in [-0.4, -0.2) is 70.4 Å². The largest absolute Gasteiger partial charge is 0.387 e. The normalized spacial score (nSPS) is 22.3. The van der Waals surface area contributed by atoms with Gasteiger partial charge in [0.05, 0.1) is 18.3 Å². The topological polar surface area (TPSA) is 129 Å². The molecule has 11 heteroatoms. The number of nitrogens with one attached hydrogen (secondary N) is 3. The number of benzene rings is 2. The van der Waals surface area contributed by atoms with Gasteiger partial charge in [-0.3, -0.25) is 19.2 Å². The van der Waals surface area contributed by atoms with E-state index in [-0.39, 0.29) is 24.9 Å². The van der Waals surface area contributed by atoms with Gasteiger partial charge in [-0.1, -0.05) is 81.2 Å². The molecule has 1 saturated carbocycles. The molecule has 1 aliphatic carbocycles. The fourth-order valence-corrected chi connectivity index (χ4v) is 6.13. The highest BCUT2D eigenvalue weighted by Gasteiger charge is 2.55. The molecule has 0 bridgehead atoms. The van der Waals surface area contributed by atoms with Gasteiger partial charge in [0, 0.05) is 35.2 Å². The van der Waals surface area contributed by atoms with Crippen LogP contribution in [0.25, 0.3) is 0 Å². The Bertz CT molecular complexity index is 1470. The van der Waals surface area contributed by atoms with E-state index in [0.717, 1.165) is 24.1 Å². The van der Waals surface area contributed by atoms with Crippen molar-refractivity contribution >= 4 is 46.5 Å². The van der Waals surface area contributed by atoms with Crippen molar-refractivity contribution in [3.05, 3.63) is 65.2 Å². The van der Waals surface area contributed by atoms with Gasteiger partial charge >= 0.3 is 0 Å². The van der Waals surface area contributed by atoms with E-state index in [1.807, 2.05) is 70.2 Å². The predicted octanol–water partition coefficient (Wildman–Crippen LogP) is 4.46. The molecule has 5 rings (SSSR count). The summed E-state index contributed by atoms with van der Waals surface area (Å²) in [5.74, 6) is -2.14. The molecule has 3 aliphatic rings. The van der Waals surface area contributed by atoms with Crippen molar-refractivity contribution in [2.45, 2.75) is 96.0 Å². The molecule has 3 N–H and O–H groups in total. The summed E-state index contributed by atoms with van der Waals surface area (Å²) in [6, 6.07) is 14.1. The van der Waals surface area contributed by atoms with E-state index in [9.17, 15) is 19.2 Å². The van der Waals surface area contributed by atoms with Crippen LogP contribution in [0.15, 0.2) is 59.8 Å². The molecule has 1 spiro atoms. The second kappa shape index (κ2) is 13.2. The van der Waals surface area contributed by atoms with Crippen LogP contribution < -0.4 is 16.0 Å². The second-order valence-electron chi connectivity index (χ2n) is 13.5. The van der Waals surface area contributed by atoms with Crippen molar-refractivity contribution in [1.82, 2.24) is 15.5 Å². The third kappa shape index (κ3) is 7.66. The SMILES string of the molecule is CCC[C@H](NC(=O)[C@@H]1C[C@]2(CC(c3cccc(Cl)c3)=NO2)CN1C(=O)C(Nc1ccccc1)C(C)(C)C)C(=O)C(=O)NC1CC1. The lowest BCUT2D eigenvalue weighted by atomic mass is 9.85. The van der Waals surface area contributed by atoms with E-state index >= 15 is 0 Å². The van der Waals surface area contributed by atoms with Gasteiger partial charge in [0.15, 0.2) is 5.60 Å². The molecule has 3 amide bonds. The highest BCUT2D eigenvalue weighted by molar-refractivity contribution is 6.38. The highest BCUT2D eigenvalue weighted by Crippen LogP contribution is 2.40. The summed E-state index contributed by atoms with van der Waals surface area (Å²) in [6.45, 7) is 7.90. The Morgan fingerprint density at radius 3 is 2.47 bits per heavy atom. The number of rotatable bonds is 11. The van der Waals surface area contributed by atoms with E-state index < -0.39 is 46.7 Å². The van der Waals surface area contributed by atoms with E-state index in [1.165, 1.54) is 0 Å². The first-order valence-electron chi connectivity index (χ1n) is 15.7. The summed E-state index contributed by atoms with van der Waals surface area (Å²) in [4.78, 5) is 61.9. The smallest absolute Gasteiger partial charge is 0.289 e. The van der Waals surface area contributed by atoms with E-state index in [2.05, 4.69) is 21.1 Å². The van der Waals surface area contributed by atoms with Crippen LogP contribution >= 0.6 is 11.6 Å². The molecule has 0 radical (unpaired) electrons. The predicted molar refractivity (Wildman–Crippen MR) is 173 cm³/mol. The number of amides is 3. The third-order valence-corrected chi connectivity index (χ3v) is 8.76. The summed E-state index contributed by atoms with van der Waals surface area (Å²) >= 11 is 6.24. The number of hydrogen-bond acceptors (Lipinski definition) is 7. The van der Waals surface area contributed by atoms with Gasteiger partial charge in [-0.25, -0.2) is 0 Å². The van der Waals surface area contributed by atoms with Crippen LogP contribution in [0.4, 0.5) is 5.69 Å². The Balaban J connectivity index is 1.42. The lowest BCUT2D eigenvalue weighted by Crippen LogP contribution is -2.56. The summed E-state index contributed by atoms with van der Waals surface area (Å²) in [5.41, 5.74) is 0.789. The number of halogens is 1. The summed E-state index contributed by atoms with van der Waals surface area (Å²) in [6.07, 6.45) is 3.10. The fraction of sp³-hybridized carbons (Fsp3) is 0.500. The van der Waals surface area contributed by atoms with Gasteiger partial charge in [0.25, 0.3) is 5.91 Å². The molecule has 45 heavy (non-hydrogen) atoms. The van der Waals surface area contributed by atoms with Gasteiger partial charge in [0.2, 0.25) is 17.6 Å². The Hall–Kier alpha value is -3.92. The van der Waals surface area contributed by atoms with Crippen LogP contribution in [0.1, 0.15) is 71.8 Å². The minimum absolute atomic E-state index is 0.0156. The minimum atomic E-state index is -1.00. The number of ketones is 1. The maximum absolute atomic E-state index is 14.5. The molecule has 2 fully saturated rings. The summed E-state index contributed by atoms with van der Waals surface area (Å²) in [5, 5.41) is 13.9. The number of likely N-dealkylation sites (tertiary alicyclic amines) is 1. The van der Waals surface area contributed by atoms with Crippen LogP contribution in [-0.2, 0) is 24.0 Å². The van der Waals surface area contributed by atoms with Gasteiger partial charge < -0.3 is 25.7 Å². The number of para-hydroxylation sites is 1. The van der Waals surface area contributed by atoms with Crippen molar-refractivity contribution in [2.75, 3.05) is 11.9 Å². The standard InChI is InChI=1S/C34H42ClN5O5/c1-5-10-25(28(41)31(43)37-24-15-16-24)38-30(42)27-19-34(18-26(39-45-34)21-11-9-12-22(35)17-21)20-40(27)32(44)29(33(2,3)4)36-23-13-7-6-8-14-23/h6-9,11-14,17,24-25,27,29,36H,5,10,15-16,18-20H2,1-4H3,(H,37,43)(H,38,42)/t25-,27-,29?,34+/m0/s1. The maximum Gasteiger partial charge on any atom is 0.289 e. The van der Waals surface area contributed by atoms with Crippen LogP contribution in [0.5, 0.6) is 0 Å². The van der Waals surface area contributed by atoms with E-state index in [0.29, 0.717) is 30.0 Å². The van der Waals surface area contributed by atoms with Crippen molar-refractivity contribution in [3.8, 4) is 0 Å². The third-order valence-electron chi connectivity index (χ3n) is 8.53. The monoisotopic (exact) mass is 635 g/mol. The van der Waals surface area contributed by atoms with Gasteiger partial charge in [-0.05, 0) is 48.9 Å². The van der Waals surface area contributed by atoms with Crippen LogP contribution in [0, 0.1) is 5.41 Å². The molecule has 2 heterocycles. The molecule has 1 saturated heterocycles. The Morgan fingerprint density at radius 1 is 1.09 bits per heavy atom. The number of hydrogen-bond donors (Lipinski definition) is 3. The number of anilines is 1. The summed E-state index contributed by atoms with van der Waals surface area (Å²) < 4.78 is 0. The molecule has 10 nitrogen and oxygen atoms in total. The minimum Gasteiger partial charge on any atom is -0.387 e. The summed E-state index contributed by atoms with van der Waals surface area (Å²) in [7, 11) is 0. The quantitative estimate of drug-likeness (QED) is 0.313. The fourth-order valence-electron chi connectivity index (χ4n) is 5.94. The van der Waals surface area contributed by atoms with Crippen LogP contribution in [0.3, 0.4) is 0 Å².